The number of methoxy groups -OCH3 is 1. The SMILES string of the molecule is COC(=O)C(C)C(C)S(=O)(=O)NC(=O)c1ccoc1Cl. The Labute approximate surface area is 121 Å². The number of furan rings is 1. The smallest absolute Gasteiger partial charge is 0.309 e. The van der Waals surface area contributed by atoms with Crippen molar-refractivity contribution in [1.29, 1.82) is 0 Å². The number of carbonyl (C=O) groups is 2. The molecule has 1 rings (SSSR count). The molecule has 0 aromatic carbocycles. The van der Waals surface area contributed by atoms with Gasteiger partial charge in [-0.15, -0.1) is 0 Å². The van der Waals surface area contributed by atoms with Crippen LogP contribution in [-0.2, 0) is 19.6 Å². The number of esters is 1. The molecule has 2 atom stereocenters. The molecule has 2 unspecified atom stereocenters. The molecule has 9 heteroatoms. The molecule has 112 valence electrons. The van der Waals surface area contributed by atoms with Gasteiger partial charge in [0.05, 0.1) is 30.1 Å². The number of ether oxygens (including phenoxy) is 1. The molecular weight excluding hydrogens is 310 g/mol. The van der Waals surface area contributed by atoms with Crippen molar-refractivity contribution in [2.75, 3.05) is 7.11 Å². The maximum atomic E-state index is 12.0. The molecule has 0 saturated heterocycles. The summed E-state index contributed by atoms with van der Waals surface area (Å²) >= 11 is 5.58. The number of amides is 1. The van der Waals surface area contributed by atoms with Gasteiger partial charge in [0.15, 0.2) is 0 Å². The lowest BCUT2D eigenvalue weighted by atomic mass is 10.1. The molecule has 0 fully saturated rings. The van der Waals surface area contributed by atoms with Crippen LogP contribution in [-0.4, -0.2) is 32.7 Å². The molecule has 0 saturated carbocycles. The van der Waals surface area contributed by atoms with Crippen LogP contribution in [0.3, 0.4) is 0 Å². The van der Waals surface area contributed by atoms with Gasteiger partial charge in [-0.25, -0.2) is 13.1 Å². The van der Waals surface area contributed by atoms with Crippen molar-refractivity contribution in [3.05, 3.63) is 23.1 Å². The van der Waals surface area contributed by atoms with E-state index in [1.165, 1.54) is 19.9 Å². The summed E-state index contributed by atoms with van der Waals surface area (Å²) in [4.78, 5) is 23.1. The van der Waals surface area contributed by atoms with Gasteiger partial charge in [-0.2, -0.15) is 0 Å². The second-order valence-electron chi connectivity index (χ2n) is 4.10. The predicted molar refractivity (Wildman–Crippen MR) is 70.7 cm³/mol. The third-order valence-corrected chi connectivity index (χ3v) is 5.01. The van der Waals surface area contributed by atoms with Gasteiger partial charge in [-0.05, 0) is 24.6 Å². The molecule has 0 radical (unpaired) electrons. The molecule has 1 aromatic rings. The fourth-order valence-corrected chi connectivity index (χ4v) is 2.78. The Morgan fingerprint density at radius 2 is 2.00 bits per heavy atom. The number of rotatable bonds is 5. The van der Waals surface area contributed by atoms with Crippen LogP contribution in [0.1, 0.15) is 24.2 Å². The number of hydrogen-bond donors (Lipinski definition) is 1. The second kappa shape index (κ2) is 6.27. The fraction of sp³-hybridized carbons (Fsp3) is 0.455. The van der Waals surface area contributed by atoms with Crippen LogP contribution >= 0.6 is 11.6 Å². The molecule has 1 N–H and O–H groups in total. The number of sulfonamides is 1. The average Bonchev–Trinajstić information content (AvgIpc) is 2.81. The predicted octanol–water partition coefficient (Wildman–Crippen LogP) is 1.19. The van der Waals surface area contributed by atoms with Crippen LogP contribution in [0.15, 0.2) is 16.7 Å². The summed E-state index contributed by atoms with van der Waals surface area (Å²) in [5, 5.41) is -1.36. The highest BCUT2D eigenvalue weighted by Crippen LogP contribution is 2.18. The van der Waals surface area contributed by atoms with E-state index >= 15 is 0 Å². The molecule has 0 aliphatic heterocycles. The van der Waals surface area contributed by atoms with E-state index in [9.17, 15) is 18.0 Å². The standard InChI is InChI=1S/C11H14ClNO6S/c1-6(11(15)18-3)7(2)20(16,17)13-10(14)8-4-5-19-9(8)12/h4-7H,1-3H3,(H,13,14). The summed E-state index contributed by atoms with van der Waals surface area (Å²) in [6, 6.07) is 1.24. The zero-order valence-corrected chi connectivity index (χ0v) is 12.6. The van der Waals surface area contributed by atoms with Crippen molar-refractivity contribution in [1.82, 2.24) is 4.72 Å². The van der Waals surface area contributed by atoms with Crippen molar-refractivity contribution in [3.63, 3.8) is 0 Å². The van der Waals surface area contributed by atoms with E-state index in [0.29, 0.717) is 0 Å². The van der Waals surface area contributed by atoms with Crippen LogP contribution in [0.4, 0.5) is 0 Å². The fourth-order valence-electron chi connectivity index (χ4n) is 1.38. The van der Waals surface area contributed by atoms with Crippen LogP contribution in [0.5, 0.6) is 0 Å². The molecule has 0 bridgehead atoms. The van der Waals surface area contributed by atoms with Crippen molar-refractivity contribution < 1.29 is 27.2 Å². The van der Waals surface area contributed by atoms with Crippen molar-refractivity contribution >= 4 is 33.5 Å². The molecule has 0 spiro atoms. The molecular formula is C11H14ClNO6S. The van der Waals surface area contributed by atoms with Gasteiger partial charge >= 0.3 is 5.97 Å². The molecule has 0 aliphatic carbocycles. The Bertz CT molecular complexity index is 608. The highest BCUT2D eigenvalue weighted by atomic mass is 35.5. The zero-order valence-electron chi connectivity index (χ0n) is 11.0. The van der Waals surface area contributed by atoms with E-state index in [1.54, 1.807) is 0 Å². The largest absolute Gasteiger partial charge is 0.469 e. The Morgan fingerprint density at radius 3 is 2.45 bits per heavy atom. The number of nitrogens with one attached hydrogen (secondary N) is 1. The lowest BCUT2D eigenvalue weighted by Gasteiger charge is -2.18. The van der Waals surface area contributed by atoms with Crippen LogP contribution in [0.2, 0.25) is 5.22 Å². The number of halogens is 1. The first-order valence-electron chi connectivity index (χ1n) is 5.57. The normalized spacial score (nSPS) is 14.4. The highest BCUT2D eigenvalue weighted by molar-refractivity contribution is 7.90. The number of carbonyl (C=O) groups excluding carboxylic acids is 2. The molecule has 1 heterocycles. The highest BCUT2D eigenvalue weighted by Gasteiger charge is 2.33. The summed E-state index contributed by atoms with van der Waals surface area (Å²) in [5.41, 5.74) is -0.104. The van der Waals surface area contributed by atoms with E-state index in [-0.39, 0.29) is 10.8 Å². The minimum Gasteiger partial charge on any atom is -0.469 e. The Balaban J connectivity index is 2.88. The van der Waals surface area contributed by atoms with Gasteiger partial charge in [-0.3, -0.25) is 9.59 Å². The Hall–Kier alpha value is -1.54. The molecule has 0 aliphatic rings. The van der Waals surface area contributed by atoms with E-state index in [4.69, 9.17) is 16.0 Å². The minimum atomic E-state index is -4.06. The topological polar surface area (TPSA) is 103 Å². The van der Waals surface area contributed by atoms with Crippen molar-refractivity contribution in [3.8, 4) is 0 Å². The molecule has 1 amide bonds. The first-order chi connectivity index (χ1) is 9.20. The minimum absolute atomic E-state index is 0.104. The first-order valence-corrected chi connectivity index (χ1v) is 7.50. The van der Waals surface area contributed by atoms with E-state index < -0.39 is 33.1 Å². The summed E-state index contributed by atoms with van der Waals surface area (Å²) in [6.07, 6.45) is 1.16. The van der Waals surface area contributed by atoms with E-state index in [2.05, 4.69) is 4.74 Å². The maximum absolute atomic E-state index is 12.0. The Kier molecular flexibility index (Phi) is 5.18. The third-order valence-electron chi connectivity index (χ3n) is 2.86. The van der Waals surface area contributed by atoms with E-state index in [1.807, 2.05) is 4.72 Å². The summed E-state index contributed by atoms with van der Waals surface area (Å²) in [7, 11) is -2.90. The van der Waals surface area contributed by atoms with Gasteiger partial charge in [0, 0.05) is 0 Å². The van der Waals surface area contributed by atoms with Gasteiger partial charge in [0.2, 0.25) is 15.2 Å². The lowest BCUT2D eigenvalue weighted by molar-refractivity contribution is -0.144. The quantitative estimate of drug-likeness (QED) is 0.816. The summed E-state index contributed by atoms with van der Waals surface area (Å²) in [5.74, 6) is -2.53. The van der Waals surface area contributed by atoms with Gasteiger partial charge in [0.25, 0.3) is 5.91 Å². The number of hydrogen-bond acceptors (Lipinski definition) is 6. The van der Waals surface area contributed by atoms with Crippen LogP contribution in [0.25, 0.3) is 0 Å². The second-order valence-corrected chi connectivity index (χ2v) is 6.48. The lowest BCUT2D eigenvalue weighted by Crippen LogP contribution is -2.42. The van der Waals surface area contributed by atoms with E-state index in [0.717, 1.165) is 13.4 Å². The molecule has 20 heavy (non-hydrogen) atoms. The first kappa shape index (κ1) is 16.5. The Morgan fingerprint density at radius 1 is 1.40 bits per heavy atom. The third kappa shape index (κ3) is 3.51. The van der Waals surface area contributed by atoms with Gasteiger partial charge < -0.3 is 9.15 Å². The molecule has 7 nitrogen and oxygen atoms in total. The summed E-state index contributed by atoms with van der Waals surface area (Å²) in [6.45, 7) is 2.69. The average molecular weight is 324 g/mol. The zero-order chi connectivity index (χ0) is 15.5. The van der Waals surface area contributed by atoms with Crippen LogP contribution in [0, 0.1) is 5.92 Å². The van der Waals surface area contributed by atoms with Crippen molar-refractivity contribution in [2.24, 2.45) is 5.92 Å². The van der Waals surface area contributed by atoms with Gasteiger partial charge in [0.1, 0.15) is 0 Å². The van der Waals surface area contributed by atoms with Crippen LogP contribution < -0.4 is 4.72 Å². The maximum Gasteiger partial charge on any atom is 0.309 e. The van der Waals surface area contributed by atoms with Gasteiger partial charge in [-0.1, -0.05) is 6.92 Å². The monoisotopic (exact) mass is 323 g/mol. The summed E-state index contributed by atoms with van der Waals surface area (Å²) < 4.78 is 35.0. The molecule has 1 aromatic heterocycles. The van der Waals surface area contributed by atoms with Crippen molar-refractivity contribution in [2.45, 2.75) is 19.1 Å².